The molecular weight excluding hydrogens is 444 g/mol. The summed E-state index contributed by atoms with van der Waals surface area (Å²) in [5.41, 5.74) is 0.194. The van der Waals surface area contributed by atoms with Gasteiger partial charge in [-0.3, -0.25) is 9.69 Å². The Kier molecular flexibility index (Phi) is 3.87. The third-order valence-corrected chi connectivity index (χ3v) is 9.90. The van der Waals surface area contributed by atoms with E-state index in [0.717, 1.165) is 37.4 Å². The lowest BCUT2D eigenvalue weighted by Gasteiger charge is -2.72. The van der Waals surface area contributed by atoms with Gasteiger partial charge in [-0.2, -0.15) is 0 Å². The highest BCUT2D eigenvalue weighted by Gasteiger charge is 2.82. The van der Waals surface area contributed by atoms with Crippen LogP contribution in [0.5, 0.6) is 11.5 Å². The number of amides is 1. The monoisotopic (exact) mass is 474 g/mol. The molecule has 7 aliphatic rings. The van der Waals surface area contributed by atoms with E-state index < -0.39 is 28.8 Å². The number of likely N-dealkylation sites (tertiary alicyclic amines) is 1. The molecule has 4 heterocycles. The minimum atomic E-state index is -1.48. The van der Waals surface area contributed by atoms with Crippen molar-refractivity contribution in [2.45, 2.75) is 73.4 Å². The van der Waals surface area contributed by atoms with E-state index in [1.807, 2.05) is 36.4 Å². The van der Waals surface area contributed by atoms with Gasteiger partial charge in [0.1, 0.15) is 11.7 Å². The number of benzene rings is 2. The molecule has 1 amide bonds. The van der Waals surface area contributed by atoms with Crippen LogP contribution >= 0.6 is 0 Å². The van der Waals surface area contributed by atoms with Crippen LogP contribution in [0.3, 0.4) is 0 Å². The number of phenols is 1. The van der Waals surface area contributed by atoms with Gasteiger partial charge in [0.2, 0.25) is 0 Å². The SMILES string of the molecule is O=C(Nc1ccccc1)[C@@H]1O[C@@]23CC[C@@]1(O)[C@@H]1Oc4c(O)ccc5c4[C@@]12CCN(CC1CC1)[C@H]3C5. The first-order valence-corrected chi connectivity index (χ1v) is 13.0. The lowest BCUT2D eigenvalue weighted by molar-refractivity contribution is -0.344. The van der Waals surface area contributed by atoms with Gasteiger partial charge >= 0.3 is 0 Å². The first kappa shape index (κ1) is 20.6. The van der Waals surface area contributed by atoms with E-state index in [2.05, 4.69) is 10.2 Å². The number of carbonyl (C=O) groups is 1. The number of aromatic hydroxyl groups is 1. The molecule has 2 saturated carbocycles. The van der Waals surface area contributed by atoms with Gasteiger partial charge in [0.15, 0.2) is 17.6 Å². The van der Waals surface area contributed by atoms with Crippen LogP contribution in [0.1, 0.15) is 43.2 Å². The normalized spacial score (nSPS) is 40.2. The maximum absolute atomic E-state index is 13.6. The molecule has 0 radical (unpaired) electrons. The van der Waals surface area contributed by atoms with Gasteiger partial charge in [-0.15, -0.1) is 0 Å². The molecule has 7 heteroatoms. The van der Waals surface area contributed by atoms with E-state index in [4.69, 9.17) is 9.47 Å². The van der Waals surface area contributed by atoms with Crippen molar-refractivity contribution in [3.05, 3.63) is 53.6 Å². The minimum absolute atomic E-state index is 0.106. The molecule has 0 aromatic heterocycles. The number of hydrogen-bond donors (Lipinski definition) is 3. The molecular formula is C28H30N2O5. The fraction of sp³-hybridized carbons (Fsp3) is 0.536. The number of carbonyl (C=O) groups excluding carboxylic acids is 1. The summed E-state index contributed by atoms with van der Waals surface area (Å²) in [4.78, 5) is 16.2. The number of anilines is 1. The maximum Gasteiger partial charge on any atom is 0.256 e. The number of para-hydroxylation sites is 1. The molecule has 0 unspecified atom stereocenters. The smallest absolute Gasteiger partial charge is 0.256 e. The molecule has 3 aliphatic carbocycles. The number of nitrogens with zero attached hydrogens (tertiary/aromatic N) is 1. The molecule has 4 bridgehead atoms. The molecule has 182 valence electrons. The van der Waals surface area contributed by atoms with Crippen molar-refractivity contribution >= 4 is 11.6 Å². The van der Waals surface area contributed by atoms with Gasteiger partial charge in [0.25, 0.3) is 5.91 Å². The fourth-order valence-electron chi connectivity index (χ4n) is 8.33. The minimum Gasteiger partial charge on any atom is -0.504 e. The summed E-state index contributed by atoms with van der Waals surface area (Å²) >= 11 is 0. The topological polar surface area (TPSA) is 91.3 Å². The van der Waals surface area contributed by atoms with Crippen LogP contribution in [-0.4, -0.2) is 63.6 Å². The van der Waals surface area contributed by atoms with Crippen LogP contribution in [0.2, 0.25) is 0 Å². The van der Waals surface area contributed by atoms with E-state index in [9.17, 15) is 15.0 Å². The van der Waals surface area contributed by atoms with Crippen LogP contribution in [0, 0.1) is 5.92 Å². The van der Waals surface area contributed by atoms with E-state index in [-0.39, 0.29) is 17.7 Å². The van der Waals surface area contributed by atoms with E-state index in [1.54, 1.807) is 6.07 Å². The summed E-state index contributed by atoms with van der Waals surface area (Å²) in [6.45, 7) is 1.97. The highest BCUT2D eigenvalue weighted by molar-refractivity contribution is 5.95. The summed E-state index contributed by atoms with van der Waals surface area (Å²) in [5, 5.41) is 26.0. The highest BCUT2D eigenvalue weighted by Crippen LogP contribution is 2.71. The Balaban J connectivity index is 1.28. The summed E-state index contributed by atoms with van der Waals surface area (Å²) in [7, 11) is 0. The van der Waals surface area contributed by atoms with E-state index >= 15 is 0 Å². The number of aliphatic hydroxyl groups is 1. The van der Waals surface area contributed by atoms with Crippen molar-refractivity contribution in [2.75, 3.05) is 18.4 Å². The molecule has 35 heavy (non-hydrogen) atoms. The van der Waals surface area contributed by atoms with Gasteiger partial charge in [0.05, 0.1) is 11.0 Å². The van der Waals surface area contributed by atoms with Crippen molar-refractivity contribution in [3.63, 3.8) is 0 Å². The second kappa shape index (κ2) is 6.58. The first-order chi connectivity index (χ1) is 17.0. The first-order valence-electron chi connectivity index (χ1n) is 13.0. The van der Waals surface area contributed by atoms with Crippen molar-refractivity contribution in [2.24, 2.45) is 5.92 Å². The summed E-state index contributed by atoms with van der Waals surface area (Å²) in [6, 6.07) is 13.2. The Labute approximate surface area is 204 Å². The molecule has 9 rings (SSSR count). The Morgan fingerprint density at radius 3 is 2.74 bits per heavy atom. The Bertz CT molecular complexity index is 1250. The van der Waals surface area contributed by atoms with Crippen molar-refractivity contribution in [1.29, 1.82) is 0 Å². The van der Waals surface area contributed by atoms with Crippen LogP contribution in [0.25, 0.3) is 0 Å². The lowest BCUT2D eigenvalue weighted by Crippen LogP contribution is -2.87. The van der Waals surface area contributed by atoms with Crippen LogP contribution in [0.4, 0.5) is 5.69 Å². The van der Waals surface area contributed by atoms with Crippen molar-refractivity contribution < 1.29 is 24.5 Å². The average molecular weight is 475 g/mol. The van der Waals surface area contributed by atoms with E-state index in [1.165, 1.54) is 18.4 Å². The van der Waals surface area contributed by atoms with Crippen LogP contribution in [-0.2, 0) is 21.4 Å². The zero-order chi connectivity index (χ0) is 23.6. The fourth-order valence-corrected chi connectivity index (χ4v) is 8.33. The summed E-state index contributed by atoms with van der Waals surface area (Å²) in [5.74, 6) is 0.997. The van der Waals surface area contributed by atoms with Crippen molar-refractivity contribution in [3.8, 4) is 11.5 Å². The quantitative estimate of drug-likeness (QED) is 0.631. The Morgan fingerprint density at radius 2 is 1.94 bits per heavy atom. The van der Waals surface area contributed by atoms with Gasteiger partial charge in [-0.05, 0) is 74.8 Å². The largest absolute Gasteiger partial charge is 0.504 e. The highest BCUT2D eigenvalue weighted by atomic mass is 16.6. The summed E-state index contributed by atoms with van der Waals surface area (Å²) < 4.78 is 13.5. The molecule has 2 aromatic carbocycles. The zero-order valence-electron chi connectivity index (χ0n) is 19.6. The Hall–Kier alpha value is -2.61. The second-order valence-electron chi connectivity index (χ2n) is 11.6. The van der Waals surface area contributed by atoms with Gasteiger partial charge in [-0.1, -0.05) is 24.3 Å². The lowest BCUT2D eigenvalue weighted by atomic mass is 9.44. The molecule has 4 aliphatic heterocycles. The maximum atomic E-state index is 13.6. The number of fused-ring (bicyclic) bond motifs is 2. The van der Waals surface area contributed by atoms with Gasteiger partial charge in [0, 0.05) is 23.8 Å². The summed E-state index contributed by atoms with van der Waals surface area (Å²) in [6.07, 6.45) is 3.60. The number of rotatable bonds is 4. The standard InChI is InChI=1S/C28H30N2O5/c31-19-9-8-17-14-20-28-11-10-27(33,23(35-28)24(32)29-18-4-2-1-3-5-18)25-26(28,21(17)22(19)34-25)12-13-30(20)15-16-6-7-16/h1-5,8-9,16,20,23,25,31,33H,6-7,10-15H2,(H,29,32)/t20-,23-,25+,26-,27-,28+/m0/s1. The van der Waals surface area contributed by atoms with Crippen molar-refractivity contribution in [1.82, 2.24) is 4.90 Å². The average Bonchev–Trinajstić information content (AvgIpc) is 3.60. The number of ether oxygens (including phenoxy) is 2. The number of phenolic OH excluding ortho intramolecular Hbond substituents is 1. The van der Waals surface area contributed by atoms with E-state index in [0.29, 0.717) is 24.3 Å². The molecule has 7 nitrogen and oxygen atoms in total. The molecule has 2 aromatic rings. The predicted molar refractivity (Wildman–Crippen MR) is 127 cm³/mol. The molecule has 3 saturated heterocycles. The van der Waals surface area contributed by atoms with Crippen LogP contribution < -0.4 is 10.1 Å². The molecule has 2 spiro atoms. The Morgan fingerprint density at radius 1 is 1.11 bits per heavy atom. The number of nitrogens with one attached hydrogen (secondary N) is 1. The number of piperidine rings is 1. The predicted octanol–water partition coefficient (Wildman–Crippen LogP) is 2.73. The second-order valence-corrected chi connectivity index (χ2v) is 11.6. The molecule has 5 fully saturated rings. The van der Waals surface area contributed by atoms with Gasteiger partial charge < -0.3 is 25.0 Å². The van der Waals surface area contributed by atoms with Gasteiger partial charge in [-0.25, -0.2) is 0 Å². The number of hydrogen-bond acceptors (Lipinski definition) is 6. The molecule has 3 N–H and O–H groups in total. The third-order valence-electron chi connectivity index (χ3n) is 9.90. The third kappa shape index (κ3) is 2.40. The van der Waals surface area contributed by atoms with Crippen LogP contribution in [0.15, 0.2) is 42.5 Å². The zero-order valence-corrected chi connectivity index (χ0v) is 19.6. The molecule has 6 atom stereocenters.